The van der Waals surface area contributed by atoms with E-state index in [1.807, 2.05) is 18.5 Å². The second kappa shape index (κ2) is 5.10. The Morgan fingerprint density at radius 1 is 1.28 bits per heavy atom. The number of thiophene rings is 1. The molecular formula is C13H17N3OS. The van der Waals surface area contributed by atoms with Crippen molar-refractivity contribution in [1.82, 2.24) is 9.97 Å². The molecule has 2 aromatic heterocycles. The van der Waals surface area contributed by atoms with Crippen molar-refractivity contribution >= 4 is 27.5 Å². The molecule has 2 aromatic rings. The van der Waals surface area contributed by atoms with Crippen LogP contribution in [0.5, 0.6) is 5.88 Å². The third-order valence-electron chi connectivity index (χ3n) is 3.34. The van der Waals surface area contributed by atoms with E-state index in [0.717, 1.165) is 28.9 Å². The zero-order chi connectivity index (χ0) is 12.4. The van der Waals surface area contributed by atoms with Crippen LogP contribution in [0.2, 0.25) is 0 Å². The van der Waals surface area contributed by atoms with Gasteiger partial charge in [-0.3, -0.25) is 0 Å². The van der Waals surface area contributed by atoms with Crippen molar-refractivity contribution in [3.8, 4) is 5.88 Å². The van der Waals surface area contributed by atoms with Gasteiger partial charge in [-0.15, -0.1) is 11.3 Å². The molecule has 0 unspecified atom stereocenters. The first kappa shape index (κ1) is 11.7. The minimum absolute atomic E-state index is 0.321. The van der Waals surface area contributed by atoms with Gasteiger partial charge in [0.15, 0.2) is 0 Å². The smallest absolute Gasteiger partial charge is 0.227 e. The predicted octanol–water partition coefficient (Wildman–Crippen LogP) is 3.44. The molecule has 1 aliphatic rings. The van der Waals surface area contributed by atoms with Crippen LogP contribution in [0, 0.1) is 0 Å². The lowest BCUT2D eigenvalue weighted by atomic mass is 9.98. The van der Waals surface area contributed by atoms with Gasteiger partial charge in [-0.2, -0.15) is 4.98 Å². The number of nitrogens with one attached hydrogen (secondary N) is 1. The molecule has 1 N–H and O–H groups in total. The van der Waals surface area contributed by atoms with E-state index in [0.29, 0.717) is 12.1 Å². The fraction of sp³-hybridized carbons (Fsp3) is 0.538. The molecule has 1 aliphatic carbocycles. The highest BCUT2D eigenvalue weighted by Crippen LogP contribution is 2.31. The van der Waals surface area contributed by atoms with Gasteiger partial charge in [-0.25, -0.2) is 4.98 Å². The maximum atomic E-state index is 6.08. The number of hydrogen-bond donors (Lipinski definition) is 1. The van der Waals surface area contributed by atoms with Crippen molar-refractivity contribution in [2.75, 3.05) is 12.4 Å². The lowest BCUT2D eigenvalue weighted by molar-refractivity contribution is 0.151. The first-order valence-corrected chi connectivity index (χ1v) is 7.34. The standard InChI is InChI=1S/C13H17N3OS/c1-14-13-15-11(10-7-8-18-12(10)16-13)17-9-5-3-2-4-6-9/h7-9H,2-6H2,1H3,(H,14,15,16). The van der Waals surface area contributed by atoms with Gasteiger partial charge in [0.2, 0.25) is 11.8 Å². The highest BCUT2D eigenvalue weighted by Gasteiger charge is 2.18. The van der Waals surface area contributed by atoms with Gasteiger partial charge < -0.3 is 10.1 Å². The Labute approximate surface area is 110 Å². The Balaban J connectivity index is 1.91. The summed E-state index contributed by atoms with van der Waals surface area (Å²) in [5.41, 5.74) is 0. The molecule has 1 fully saturated rings. The average Bonchev–Trinajstić information content (AvgIpc) is 2.88. The molecular weight excluding hydrogens is 246 g/mol. The summed E-state index contributed by atoms with van der Waals surface area (Å²) in [4.78, 5) is 9.86. The summed E-state index contributed by atoms with van der Waals surface area (Å²) >= 11 is 1.62. The van der Waals surface area contributed by atoms with E-state index >= 15 is 0 Å². The Hall–Kier alpha value is -1.36. The zero-order valence-corrected chi connectivity index (χ0v) is 11.3. The number of fused-ring (bicyclic) bond motifs is 1. The zero-order valence-electron chi connectivity index (χ0n) is 10.5. The van der Waals surface area contributed by atoms with Crippen LogP contribution in [0.1, 0.15) is 32.1 Å². The molecule has 3 rings (SSSR count). The van der Waals surface area contributed by atoms with Gasteiger partial charge in [0.05, 0.1) is 5.39 Å². The van der Waals surface area contributed by atoms with Gasteiger partial charge in [-0.1, -0.05) is 6.42 Å². The molecule has 0 spiro atoms. The number of hydrogen-bond acceptors (Lipinski definition) is 5. The number of rotatable bonds is 3. The number of nitrogens with zero attached hydrogens (tertiary/aromatic N) is 2. The first-order chi connectivity index (χ1) is 8.86. The van der Waals surface area contributed by atoms with Gasteiger partial charge in [0, 0.05) is 7.05 Å². The summed E-state index contributed by atoms with van der Waals surface area (Å²) in [7, 11) is 1.83. The van der Waals surface area contributed by atoms with E-state index in [9.17, 15) is 0 Å². The molecule has 0 saturated heterocycles. The summed E-state index contributed by atoms with van der Waals surface area (Å²) in [6.07, 6.45) is 6.47. The van der Waals surface area contributed by atoms with E-state index in [-0.39, 0.29) is 0 Å². The largest absolute Gasteiger partial charge is 0.474 e. The van der Waals surface area contributed by atoms with Crippen molar-refractivity contribution in [2.45, 2.75) is 38.2 Å². The number of ether oxygens (including phenoxy) is 1. The molecule has 1 saturated carbocycles. The number of aromatic nitrogens is 2. The van der Waals surface area contributed by atoms with Crippen LogP contribution in [-0.4, -0.2) is 23.1 Å². The second-order valence-corrected chi connectivity index (χ2v) is 5.51. The maximum Gasteiger partial charge on any atom is 0.227 e. The normalized spacial score (nSPS) is 16.9. The predicted molar refractivity (Wildman–Crippen MR) is 74.5 cm³/mol. The minimum atomic E-state index is 0.321. The molecule has 0 aromatic carbocycles. The Morgan fingerprint density at radius 2 is 2.11 bits per heavy atom. The van der Waals surface area contributed by atoms with Crippen molar-refractivity contribution in [3.63, 3.8) is 0 Å². The highest BCUT2D eigenvalue weighted by molar-refractivity contribution is 7.16. The van der Waals surface area contributed by atoms with Crippen LogP contribution < -0.4 is 10.1 Å². The maximum absolute atomic E-state index is 6.08. The SMILES string of the molecule is CNc1nc(OC2CCCCC2)c2ccsc2n1. The molecule has 0 atom stereocenters. The van der Waals surface area contributed by atoms with E-state index < -0.39 is 0 Å². The second-order valence-electron chi connectivity index (χ2n) is 4.62. The third kappa shape index (κ3) is 2.27. The molecule has 18 heavy (non-hydrogen) atoms. The van der Waals surface area contributed by atoms with Crippen LogP contribution >= 0.6 is 11.3 Å². The Bertz CT molecular complexity index is 534. The van der Waals surface area contributed by atoms with Gasteiger partial charge in [-0.05, 0) is 37.1 Å². The van der Waals surface area contributed by atoms with Crippen LogP contribution in [0.3, 0.4) is 0 Å². The Morgan fingerprint density at radius 3 is 2.89 bits per heavy atom. The Kier molecular flexibility index (Phi) is 3.32. The van der Waals surface area contributed by atoms with Crippen LogP contribution in [0.15, 0.2) is 11.4 Å². The third-order valence-corrected chi connectivity index (χ3v) is 4.15. The van der Waals surface area contributed by atoms with Crippen LogP contribution in [0.4, 0.5) is 5.95 Å². The monoisotopic (exact) mass is 263 g/mol. The fourth-order valence-electron chi connectivity index (χ4n) is 2.37. The van der Waals surface area contributed by atoms with Crippen molar-refractivity contribution < 1.29 is 4.74 Å². The van der Waals surface area contributed by atoms with Crippen molar-refractivity contribution in [1.29, 1.82) is 0 Å². The highest BCUT2D eigenvalue weighted by atomic mass is 32.1. The van der Waals surface area contributed by atoms with Gasteiger partial charge >= 0.3 is 0 Å². The van der Waals surface area contributed by atoms with Crippen molar-refractivity contribution in [3.05, 3.63) is 11.4 Å². The molecule has 0 bridgehead atoms. The average molecular weight is 263 g/mol. The first-order valence-electron chi connectivity index (χ1n) is 6.46. The lowest BCUT2D eigenvalue weighted by Crippen LogP contribution is -2.20. The summed E-state index contributed by atoms with van der Waals surface area (Å²) < 4.78 is 6.08. The summed E-state index contributed by atoms with van der Waals surface area (Å²) in [6.45, 7) is 0. The molecule has 0 amide bonds. The topological polar surface area (TPSA) is 47.0 Å². The van der Waals surface area contributed by atoms with E-state index in [2.05, 4.69) is 15.3 Å². The molecule has 4 nitrogen and oxygen atoms in total. The van der Waals surface area contributed by atoms with Crippen LogP contribution in [0.25, 0.3) is 10.2 Å². The molecule has 96 valence electrons. The minimum Gasteiger partial charge on any atom is -0.474 e. The molecule has 2 heterocycles. The van der Waals surface area contributed by atoms with Crippen LogP contribution in [-0.2, 0) is 0 Å². The van der Waals surface area contributed by atoms with E-state index in [4.69, 9.17) is 4.74 Å². The summed E-state index contributed by atoms with van der Waals surface area (Å²) in [6, 6.07) is 2.04. The summed E-state index contributed by atoms with van der Waals surface area (Å²) in [5.74, 6) is 1.37. The molecule has 0 aliphatic heterocycles. The number of anilines is 1. The lowest BCUT2D eigenvalue weighted by Gasteiger charge is -2.22. The van der Waals surface area contributed by atoms with Gasteiger partial charge in [0.25, 0.3) is 0 Å². The van der Waals surface area contributed by atoms with Gasteiger partial charge in [0.1, 0.15) is 10.9 Å². The van der Waals surface area contributed by atoms with Crippen molar-refractivity contribution in [2.24, 2.45) is 0 Å². The molecule has 5 heteroatoms. The van der Waals surface area contributed by atoms with E-state index in [1.54, 1.807) is 11.3 Å². The summed E-state index contributed by atoms with van der Waals surface area (Å²) in [5, 5.41) is 6.06. The quantitative estimate of drug-likeness (QED) is 0.921. The fourth-order valence-corrected chi connectivity index (χ4v) is 3.13. The molecule has 0 radical (unpaired) electrons. The van der Waals surface area contributed by atoms with E-state index in [1.165, 1.54) is 19.3 Å².